The number of ether oxygens (including phenoxy) is 1. The fraction of sp³-hybridized carbons (Fsp3) is 0.222. The zero-order chi connectivity index (χ0) is 24.9. The van der Waals surface area contributed by atoms with Gasteiger partial charge >= 0.3 is 6.03 Å². The first-order chi connectivity index (χ1) is 17.6. The molecular formula is C27H26N6O3. The minimum Gasteiger partial charge on any atom is -0.456 e. The van der Waals surface area contributed by atoms with Crippen molar-refractivity contribution >= 4 is 11.8 Å². The first-order valence-corrected chi connectivity index (χ1v) is 11.8. The van der Waals surface area contributed by atoms with E-state index in [0.717, 1.165) is 31.5 Å². The molecule has 5 rings (SSSR count). The molecule has 1 fully saturated rings. The number of amides is 2. The number of nitrogens with zero attached hydrogens (tertiary/aromatic N) is 5. The number of rotatable bonds is 6. The van der Waals surface area contributed by atoms with Crippen molar-refractivity contribution in [3.05, 3.63) is 94.9 Å². The van der Waals surface area contributed by atoms with Gasteiger partial charge in [0.05, 0.1) is 17.5 Å². The van der Waals surface area contributed by atoms with E-state index in [9.17, 15) is 9.59 Å². The number of hydrogen-bond acceptors (Lipinski definition) is 6. The van der Waals surface area contributed by atoms with E-state index in [-0.39, 0.29) is 11.6 Å². The standard InChI is InChI=1S/C27H26N6O3/c1-32-25(15-19-7-3-2-4-8-19)30-18-22(26(32)34)23-10-9-21(17-29-23)36-20-11-12-28-24(16-20)31-27(35)33-13-5-6-14-33/h2-4,7-12,16-18H,5-6,13-15H2,1H3,(H,28,31,35). The van der Waals surface area contributed by atoms with E-state index in [1.54, 1.807) is 59.4 Å². The van der Waals surface area contributed by atoms with E-state index < -0.39 is 0 Å². The van der Waals surface area contributed by atoms with Gasteiger partial charge in [-0.3, -0.25) is 19.7 Å². The number of anilines is 1. The van der Waals surface area contributed by atoms with Crippen LogP contribution in [0.1, 0.15) is 24.2 Å². The van der Waals surface area contributed by atoms with Gasteiger partial charge in [-0.15, -0.1) is 0 Å². The zero-order valence-corrected chi connectivity index (χ0v) is 19.9. The van der Waals surface area contributed by atoms with Gasteiger partial charge < -0.3 is 9.64 Å². The number of carbonyl (C=O) groups is 1. The molecule has 1 saturated heterocycles. The van der Waals surface area contributed by atoms with Crippen LogP contribution in [-0.2, 0) is 13.5 Å². The summed E-state index contributed by atoms with van der Waals surface area (Å²) < 4.78 is 7.45. The molecule has 36 heavy (non-hydrogen) atoms. The van der Waals surface area contributed by atoms with Gasteiger partial charge in [0.1, 0.15) is 23.1 Å². The average Bonchev–Trinajstić information content (AvgIpc) is 3.44. The predicted molar refractivity (Wildman–Crippen MR) is 136 cm³/mol. The molecule has 0 unspecified atom stereocenters. The summed E-state index contributed by atoms with van der Waals surface area (Å²) in [6.45, 7) is 1.52. The van der Waals surface area contributed by atoms with Crippen LogP contribution in [0.15, 0.2) is 78.0 Å². The fourth-order valence-electron chi connectivity index (χ4n) is 4.09. The number of benzene rings is 1. The largest absolute Gasteiger partial charge is 0.456 e. The molecule has 0 aliphatic carbocycles. The highest BCUT2D eigenvalue weighted by Crippen LogP contribution is 2.24. The van der Waals surface area contributed by atoms with Gasteiger partial charge in [-0.1, -0.05) is 30.3 Å². The summed E-state index contributed by atoms with van der Waals surface area (Å²) in [5.74, 6) is 2.10. The highest BCUT2D eigenvalue weighted by atomic mass is 16.5. The van der Waals surface area contributed by atoms with Crippen molar-refractivity contribution in [1.82, 2.24) is 24.4 Å². The second kappa shape index (κ2) is 10.4. The SMILES string of the molecule is Cn1c(Cc2ccccc2)ncc(-c2ccc(Oc3ccnc(NC(=O)N4CCCC4)c3)cn2)c1=O. The molecule has 1 aliphatic rings. The van der Waals surface area contributed by atoms with Crippen molar-refractivity contribution in [3.8, 4) is 22.8 Å². The fourth-order valence-corrected chi connectivity index (χ4v) is 4.09. The summed E-state index contributed by atoms with van der Waals surface area (Å²) >= 11 is 0. The molecule has 9 nitrogen and oxygen atoms in total. The van der Waals surface area contributed by atoms with Crippen LogP contribution in [0.3, 0.4) is 0 Å². The van der Waals surface area contributed by atoms with Crippen molar-refractivity contribution in [1.29, 1.82) is 0 Å². The minimum absolute atomic E-state index is 0.159. The first-order valence-electron chi connectivity index (χ1n) is 11.8. The maximum absolute atomic E-state index is 13.0. The second-order valence-electron chi connectivity index (χ2n) is 8.60. The average molecular weight is 483 g/mol. The smallest absolute Gasteiger partial charge is 0.323 e. The van der Waals surface area contributed by atoms with E-state index in [2.05, 4.69) is 20.3 Å². The third-order valence-corrected chi connectivity index (χ3v) is 6.08. The van der Waals surface area contributed by atoms with Crippen LogP contribution in [0.2, 0.25) is 0 Å². The summed E-state index contributed by atoms with van der Waals surface area (Å²) in [5, 5.41) is 2.81. The Morgan fingerprint density at radius 2 is 1.78 bits per heavy atom. The monoisotopic (exact) mass is 482 g/mol. The maximum Gasteiger partial charge on any atom is 0.323 e. The molecule has 1 aliphatic heterocycles. The van der Waals surface area contributed by atoms with Gasteiger partial charge in [0.15, 0.2) is 0 Å². The zero-order valence-electron chi connectivity index (χ0n) is 19.9. The van der Waals surface area contributed by atoms with Crippen molar-refractivity contribution in [3.63, 3.8) is 0 Å². The third-order valence-electron chi connectivity index (χ3n) is 6.08. The predicted octanol–water partition coefficient (Wildman–Crippen LogP) is 4.25. The lowest BCUT2D eigenvalue weighted by atomic mass is 10.1. The van der Waals surface area contributed by atoms with E-state index in [4.69, 9.17) is 4.74 Å². The molecule has 2 amide bonds. The molecule has 1 N–H and O–H groups in total. The highest BCUT2D eigenvalue weighted by Gasteiger charge is 2.18. The molecular weight excluding hydrogens is 456 g/mol. The summed E-state index contributed by atoms with van der Waals surface area (Å²) in [5.41, 5.74) is 1.85. The van der Waals surface area contributed by atoms with Crippen molar-refractivity contribution < 1.29 is 9.53 Å². The number of pyridine rings is 2. The molecule has 4 aromatic rings. The van der Waals surface area contributed by atoms with Crippen molar-refractivity contribution in [2.75, 3.05) is 18.4 Å². The number of hydrogen-bond donors (Lipinski definition) is 1. The molecule has 3 aromatic heterocycles. The highest BCUT2D eigenvalue weighted by molar-refractivity contribution is 5.88. The Labute approximate surface area is 208 Å². The van der Waals surface area contributed by atoms with Crippen LogP contribution in [0.25, 0.3) is 11.3 Å². The number of nitrogens with one attached hydrogen (secondary N) is 1. The molecule has 0 spiro atoms. The van der Waals surface area contributed by atoms with E-state index in [1.165, 1.54) is 0 Å². The van der Waals surface area contributed by atoms with E-state index in [1.807, 2.05) is 30.3 Å². The van der Waals surface area contributed by atoms with Crippen molar-refractivity contribution in [2.45, 2.75) is 19.3 Å². The first kappa shape index (κ1) is 23.2. The number of carbonyl (C=O) groups excluding carboxylic acids is 1. The Morgan fingerprint density at radius 3 is 2.53 bits per heavy atom. The topological polar surface area (TPSA) is 102 Å². The van der Waals surface area contributed by atoms with Gasteiger partial charge in [0.25, 0.3) is 5.56 Å². The molecule has 182 valence electrons. The summed E-state index contributed by atoms with van der Waals surface area (Å²) in [4.78, 5) is 40.2. The summed E-state index contributed by atoms with van der Waals surface area (Å²) in [7, 11) is 1.72. The minimum atomic E-state index is -0.162. The molecule has 0 radical (unpaired) electrons. The lowest BCUT2D eigenvalue weighted by Gasteiger charge is -2.16. The molecule has 9 heteroatoms. The molecule has 4 heterocycles. The normalized spacial score (nSPS) is 13.0. The van der Waals surface area contributed by atoms with Crippen LogP contribution in [-0.4, -0.2) is 43.5 Å². The second-order valence-corrected chi connectivity index (χ2v) is 8.60. The Balaban J connectivity index is 1.27. The van der Waals surface area contributed by atoms with Gasteiger partial charge in [-0.05, 0) is 36.6 Å². The van der Waals surface area contributed by atoms with Crippen LogP contribution < -0.4 is 15.6 Å². The number of likely N-dealkylation sites (tertiary alicyclic amines) is 1. The van der Waals surface area contributed by atoms with Crippen LogP contribution in [0, 0.1) is 0 Å². The van der Waals surface area contributed by atoms with Crippen LogP contribution in [0.4, 0.5) is 10.6 Å². The van der Waals surface area contributed by atoms with Gasteiger partial charge in [-0.25, -0.2) is 14.8 Å². The lowest BCUT2D eigenvalue weighted by Crippen LogP contribution is -2.32. The molecule has 0 atom stereocenters. The molecule has 0 saturated carbocycles. The van der Waals surface area contributed by atoms with E-state index >= 15 is 0 Å². The third kappa shape index (κ3) is 5.25. The maximum atomic E-state index is 13.0. The number of aromatic nitrogens is 4. The molecule has 0 bridgehead atoms. The Bertz CT molecular complexity index is 1410. The van der Waals surface area contributed by atoms with Gasteiger partial charge in [-0.2, -0.15) is 0 Å². The van der Waals surface area contributed by atoms with Gasteiger partial charge in [0.2, 0.25) is 0 Å². The van der Waals surface area contributed by atoms with Gasteiger partial charge in [0, 0.05) is 45.0 Å². The van der Waals surface area contributed by atoms with Crippen LogP contribution in [0.5, 0.6) is 11.5 Å². The summed E-state index contributed by atoms with van der Waals surface area (Å²) in [6, 6.07) is 16.6. The van der Waals surface area contributed by atoms with Crippen LogP contribution >= 0.6 is 0 Å². The lowest BCUT2D eigenvalue weighted by molar-refractivity contribution is 0.222. The quantitative estimate of drug-likeness (QED) is 0.441. The Kier molecular flexibility index (Phi) is 6.70. The number of urea groups is 1. The Morgan fingerprint density at radius 1 is 0.972 bits per heavy atom. The van der Waals surface area contributed by atoms with Crippen molar-refractivity contribution in [2.24, 2.45) is 7.05 Å². The summed E-state index contributed by atoms with van der Waals surface area (Å²) in [6.07, 6.45) is 7.31. The van der Waals surface area contributed by atoms with E-state index in [0.29, 0.717) is 40.8 Å². The molecule has 1 aromatic carbocycles. The Hall–Kier alpha value is -4.53.